The summed E-state index contributed by atoms with van der Waals surface area (Å²) in [4.78, 5) is 17.0. The van der Waals surface area contributed by atoms with Crippen LogP contribution in [0.2, 0.25) is 0 Å². The lowest BCUT2D eigenvalue weighted by molar-refractivity contribution is -0.131. The number of amides is 1. The van der Waals surface area contributed by atoms with Crippen molar-refractivity contribution in [3.05, 3.63) is 30.1 Å². The van der Waals surface area contributed by atoms with Crippen LogP contribution in [0.3, 0.4) is 0 Å². The van der Waals surface area contributed by atoms with Crippen molar-refractivity contribution in [3.63, 3.8) is 0 Å². The third kappa shape index (κ3) is 4.47. The zero-order valence-corrected chi connectivity index (χ0v) is 15.0. The molecule has 0 bridgehead atoms. The van der Waals surface area contributed by atoms with Crippen LogP contribution in [0.25, 0.3) is 0 Å². The van der Waals surface area contributed by atoms with Gasteiger partial charge in [-0.2, -0.15) is 5.10 Å². The Labute approximate surface area is 145 Å². The summed E-state index contributed by atoms with van der Waals surface area (Å²) >= 11 is 0. The predicted molar refractivity (Wildman–Crippen MR) is 95.6 cm³/mol. The van der Waals surface area contributed by atoms with Gasteiger partial charge in [-0.05, 0) is 39.0 Å². The number of allylic oxidation sites excluding steroid dienone is 2. The number of carbonyl (C=O) groups is 1. The molecule has 1 fully saturated rings. The second-order valence-electron chi connectivity index (χ2n) is 7.40. The van der Waals surface area contributed by atoms with E-state index in [2.05, 4.69) is 47.1 Å². The van der Waals surface area contributed by atoms with Gasteiger partial charge in [-0.1, -0.05) is 12.2 Å². The molecule has 1 aromatic heterocycles. The Kier molecular flexibility index (Phi) is 5.72. The van der Waals surface area contributed by atoms with Gasteiger partial charge in [0.2, 0.25) is 5.91 Å². The maximum absolute atomic E-state index is 12.5. The highest BCUT2D eigenvalue weighted by molar-refractivity contribution is 5.76. The molecular weight excluding hydrogens is 300 g/mol. The highest BCUT2D eigenvalue weighted by Gasteiger charge is 2.22. The van der Waals surface area contributed by atoms with Crippen molar-refractivity contribution in [2.24, 2.45) is 5.92 Å². The van der Waals surface area contributed by atoms with Gasteiger partial charge in [-0.3, -0.25) is 14.4 Å². The first-order valence-corrected chi connectivity index (χ1v) is 9.31. The Balaban J connectivity index is 1.48. The first-order valence-electron chi connectivity index (χ1n) is 9.31. The monoisotopic (exact) mass is 330 g/mol. The zero-order valence-electron chi connectivity index (χ0n) is 15.0. The maximum atomic E-state index is 12.5. The van der Waals surface area contributed by atoms with E-state index < -0.39 is 0 Å². The van der Waals surface area contributed by atoms with E-state index in [1.807, 2.05) is 10.9 Å². The van der Waals surface area contributed by atoms with Crippen molar-refractivity contribution in [3.8, 4) is 0 Å². The van der Waals surface area contributed by atoms with Crippen LogP contribution in [0.4, 0.5) is 0 Å². The quantitative estimate of drug-likeness (QED) is 0.780. The fourth-order valence-electron chi connectivity index (χ4n) is 3.60. The summed E-state index contributed by atoms with van der Waals surface area (Å²) in [5, 5.41) is 4.42. The third-order valence-corrected chi connectivity index (χ3v) is 5.08. The van der Waals surface area contributed by atoms with E-state index in [0.29, 0.717) is 24.3 Å². The smallest absolute Gasteiger partial charge is 0.223 e. The van der Waals surface area contributed by atoms with E-state index in [1.165, 1.54) is 5.56 Å². The highest BCUT2D eigenvalue weighted by atomic mass is 16.2. The molecule has 1 amide bonds. The molecule has 3 rings (SSSR count). The fraction of sp³-hybridized carbons (Fsp3) is 0.684. The maximum Gasteiger partial charge on any atom is 0.223 e. The Morgan fingerprint density at radius 1 is 1.29 bits per heavy atom. The first kappa shape index (κ1) is 17.2. The minimum Gasteiger partial charge on any atom is -0.341 e. The first-order chi connectivity index (χ1) is 11.6. The van der Waals surface area contributed by atoms with Crippen LogP contribution in [0.15, 0.2) is 24.5 Å². The van der Waals surface area contributed by atoms with Crippen molar-refractivity contribution in [1.29, 1.82) is 0 Å². The molecule has 0 saturated carbocycles. The van der Waals surface area contributed by atoms with Crippen molar-refractivity contribution in [2.45, 2.75) is 52.1 Å². The summed E-state index contributed by atoms with van der Waals surface area (Å²) in [6.07, 6.45) is 12.6. The Hall–Kier alpha value is -1.62. The van der Waals surface area contributed by atoms with E-state index in [1.54, 1.807) is 0 Å². The van der Waals surface area contributed by atoms with Crippen LogP contribution in [0, 0.1) is 5.92 Å². The largest absolute Gasteiger partial charge is 0.341 e. The Bertz CT molecular complexity index is 578. The summed E-state index contributed by atoms with van der Waals surface area (Å²) in [6, 6.07) is 0.403. The number of nitrogens with zero attached hydrogens (tertiary/aromatic N) is 4. The van der Waals surface area contributed by atoms with Gasteiger partial charge in [0.25, 0.3) is 0 Å². The van der Waals surface area contributed by atoms with Gasteiger partial charge in [0.05, 0.1) is 6.20 Å². The van der Waals surface area contributed by atoms with Gasteiger partial charge in [-0.15, -0.1) is 0 Å². The minimum absolute atomic E-state index is 0.334. The normalized spacial score (nSPS) is 22.3. The molecule has 1 aliphatic heterocycles. The highest BCUT2D eigenvalue weighted by Crippen LogP contribution is 2.21. The third-order valence-electron chi connectivity index (χ3n) is 5.08. The molecule has 5 heteroatoms. The average Bonchev–Trinajstić information content (AvgIpc) is 3.16. The van der Waals surface area contributed by atoms with Crippen LogP contribution in [-0.2, 0) is 11.3 Å². The average molecular weight is 330 g/mol. The van der Waals surface area contributed by atoms with Crippen molar-refractivity contribution in [2.75, 3.05) is 26.2 Å². The topological polar surface area (TPSA) is 41.4 Å². The molecule has 2 heterocycles. The molecule has 24 heavy (non-hydrogen) atoms. The molecule has 1 aromatic rings. The molecule has 1 saturated heterocycles. The molecule has 2 aliphatic rings. The molecule has 1 aliphatic carbocycles. The Morgan fingerprint density at radius 3 is 2.88 bits per heavy atom. The van der Waals surface area contributed by atoms with Crippen LogP contribution in [0.1, 0.15) is 51.1 Å². The minimum atomic E-state index is 0.334. The lowest BCUT2D eigenvalue weighted by Crippen LogP contribution is -2.35. The molecule has 5 nitrogen and oxygen atoms in total. The molecule has 0 radical (unpaired) electrons. The number of carbonyl (C=O) groups excluding carboxylic acids is 1. The van der Waals surface area contributed by atoms with Gasteiger partial charge in [0.15, 0.2) is 0 Å². The summed E-state index contributed by atoms with van der Waals surface area (Å²) < 4.78 is 2.01. The van der Waals surface area contributed by atoms with E-state index in [-0.39, 0.29) is 0 Å². The molecule has 0 N–H and O–H groups in total. The van der Waals surface area contributed by atoms with E-state index >= 15 is 0 Å². The van der Waals surface area contributed by atoms with Crippen molar-refractivity contribution < 1.29 is 4.79 Å². The summed E-state index contributed by atoms with van der Waals surface area (Å²) in [5.41, 5.74) is 1.26. The lowest BCUT2D eigenvalue weighted by Gasteiger charge is -2.22. The molecule has 132 valence electrons. The van der Waals surface area contributed by atoms with Gasteiger partial charge < -0.3 is 4.90 Å². The van der Waals surface area contributed by atoms with Crippen LogP contribution >= 0.6 is 0 Å². The number of hydrogen-bond acceptors (Lipinski definition) is 3. The van der Waals surface area contributed by atoms with Gasteiger partial charge in [-0.25, -0.2) is 0 Å². The lowest BCUT2D eigenvalue weighted by atomic mass is 10.0. The van der Waals surface area contributed by atoms with Gasteiger partial charge >= 0.3 is 0 Å². The van der Waals surface area contributed by atoms with E-state index in [9.17, 15) is 4.79 Å². The van der Waals surface area contributed by atoms with Crippen molar-refractivity contribution in [1.82, 2.24) is 19.6 Å². The summed E-state index contributed by atoms with van der Waals surface area (Å²) in [6.45, 7) is 8.99. The fourth-order valence-corrected chi connectivity index (χ4v) is 3.60. The second-order valence-corrected chi connectivity index (χ2v) is 7.40. The number of rotatable bonds is 5. The number of aromatic nitrogens is 2. The standard InChI is InChI=1S/C19H30N4O/c1-16(2)23-15-18(13-20-23)14-21-8-5-9-22(11-10-21)19(24)12-17-6-3-4-7-17/h3,6,13,15-17H,4-5,7-12,14H2,1-2H3/t17-/m1/s1. The second kappa shape index (κ2) is 7.97. The van der Waals surface area contributed by atoms with Crippen LogP contribution < -0.4 is 0 Å². The molecule has 0 spiro atoms. The van der Waals surface area contributed by atoms with Crippen LogP contribution in [0.5, 0.6) is 0 Å². The predicted octanol–water partition coefficient (Wildman–Crippen LogP) is 2.85. The molecule has 1 atom stereocenters. The van der Waals surface area contributed by atoms with E-state index in [0.717, 1.165) is 52.0 Å². The zero-order chi connectivity index (χ0) is 16.9. The van der Waals surface area contributed by atoms with Crippen LogP contribution in [-0.4, -0.2) is 51.7 Å². The summed E-state index contributed by atoms with van der Waals surface area (Å²) in [5.74, 6) is 0.805. The van der Waals surface area contributed by atoms with Gasteiger partial charge in [0.1, 0.15) is 0 Å². The molecule has 0 unspecified atom stereocenters. The van der Waals surface area contributed by atoms with E-state index in [4.69, 9.17) is 0 Å². The van der Waals surface area contributed by atoms with Gasteiger partial charge in [0, 0.05) is 56.9 Å². The molecule has 0 aromatic carbocycles. The summed E-state index contributed by atoms with van der Waals surface area (Å²) in [7, 11) is 0. The number of hydrogen-bond donors (Lipinski definition) is 0. The van der Waals surface area contributed by atoms with Crippen molar-refractivity contribution >= 4 is 5.91 Å². The Morgan fingerprint density at radius 2 is 2.17 bits per heavy atom. The molecular formula is C19H30N4O. The SMILES string of the molecule is CC(C)n1cc(CN2CCCN(C(=O)C[C@@H]3C=CCC3)CC2)cn1.